The molecule has 3 amide bonds. The summed E-state index contributed by atoms with van der Waals surface area (Å²) >= 11 is 0. The Labute approximate surface area is 236 Å². The van der Waals surface area contributed by atoms with Crippen molar-refractivity contribution in [2.24, 2.45) is 0 Å². The number of hydrogen-bond donors (Lipinski definition) is 1. The van der Waals surface area contributed by atoms with Gasteiger partial charge in [0.25, 0.3) is 5.91 Å². The molecule has 2 aromatic carbocycles. The van der Waals surface area contributed by atoms with E-state index < -0.39 is 12.0 Å². The van der Waals surface area contributed by atoms with E-state index in [1.165, 1.54) is 10.5 Å². The van der Waals surface area contributed by atoms with E-state index in [0.717, 1.165) is 5.56 Å². The fraction of sp³-hybridized carbons (Fsp3) is 0.452. The maximum Gasteiger partial charge on any atom is 0.338 e. The van der Waals surface area contributed by atoms with Crippen molar-refractivity contribution in [1.82, 2.24) is 20.0 Å². The van der Waals surface area contributed by atoms with Crippen LogP contribution in [0.2, 0.25) is 0 Å². The molecule has 1 unspecified atom stereocenters. The second kappa shape index (κ2) is 12.1. The standard InChI is InChI=1S/C31H40N4O5/c1-7-40-29(37)26-25(33(5)30(38)32-27(26)21-8-12-23(13-9-21)31(2,3)4)20-34-16-18-35(19-17-34)28(36)22-10-14-24(39-6)15-11-22/h8-15,27H,7,16-20H2,1-6H3,(H,32,38). The van der Waals surface area contributed by atoms with Gasteiger partial charge in [0.15, 0.2) is 0 Å². The minimum absolute atomic E-state index is 0.0174. The van der Waals surface area contributed by atoms with E-state index in [1.807, 2.05) is 29.2 Å². The molecule has 2 aliphatic heterocycles. The third-order valence-electron chi connectivity index (χ3n) is 7.55. The van der Waals surface area contributed by atoms with Gasteiger partial charge >= 0.3 is 12.0 Å². The van der Waals surface area contributed by atoms with Crippen molar-refractivity contribution in [2.45, 2.75) is 39.2 Å². The highest BCUT2D eigenvalue weighted by molar-refractivity contribution is 5.95. The van der Waals surface area contributed by atoms with E-state index in [1.54, 1.807) is 45.3 Å². The molecule has 40 heavy (non-hydrogen) atoms. The number of nitrogens with zero attached hydrogens (tertiary/aromatic N) is 3. The molecule has 2 aromatic rings. The van der Waals surface area contributed by atoms with Crippen LogP contribution in [0.15, 0.2) is 59.8 Å². The zero-order valence-corrected chi connectivity index (χ0v) is 24.3. The molecular weight excluding hydrogens is 508 g/mol. The Hall–Kier alpha value is -3.85. The molecule has 0 saturated carbocycles. The summed E-state index contributed by atoms with van der Waals surface area (Å²) in [6, 6.07) is 14.2. The number of rotatable bonds is 7. The first-order valence-electron chi connectivity index (χ1n) is 13.7. The first-order chi connectivity index (χ1) is 19.0. The lowest BCUT2D eigenvalue weighted by Crippen LogP contribution is -2.53. The van der Waals surface area contributed by atoms with Crippen LogP contribution in [-0.4, -0.2) is 86.1 Å². The maximum atomic E-state index is 13.3. The molecule has 0 radical (unpaired) electrons. The molecule has 0 spiro atoms. The maximum absolute atomic E-state index is 13.3. The van der Waals surface area contributed by atoms with Crippen LogP contribution in [0, 0.1) is 0 Å². The van der Waals surface area contributed by atoms with E-state index in [2.05, 4.69) is 31.0 Å². The molecule has 1 atom stereocenters. The highest BCUT2D eigenvalue weighted by Crippen LogP contribution is 2.33. The molecule has 4 rings (SSSR count). The summed E-state index contributed by atoms with van der Waals surface area (Å²) < 4.78 is 10.7. The Morgan fingerprint density at radius 3 is 2.15 bits per heavy atom. The average molecular weight is 549 g/mol. The van der Waals surface area contributed by atoms with Gasteiger partial charge in [-0.2, -0.15) is 0 Å². The third-order valence-corrected chi connectivity index (χ3v) is 7.55. The SMILES string of the molecule is CCOC(=O)C1=C(CN2CCN(C(=O)c3ccc(OC)cc3)CC2)N(C)C(=O)NC1c1ccc(C(C)(C)C)cc1. The van der Waals surface area contributed by atoms with Gasteiger partial charge in [0.2, 0.25) is 0 Å². The van der Waals surface area contributed by atoms with Crippen molar-refractivity contribution < 1.29 is 23.9 Å². The summed E-state index contributed by atoms with van der Waals surface area (Å²) in [6.45, 7) is 11.1. The summed E-state index contributed by atoms with van der Waals surface area (Å²) in [7, 11) is 3.27. The van der Waals surface area contributed by atoms with Crippen molar-refractivity contribution in [1.29, 1.82) is 0 Å². The van der Waals surface area contributed by atoms with Gasteiger partial charge < -0.3 is 19.7 Å². The van der Waals surface area contributed by atoms with Crippen molar-refractivity contribution in [3.05, 3.63) is 76.5 Å². The highest BCUT2D eigenvalue weighted by Gasteiger charge is 2.38. The molecular formula is C31H40N4O5. The molecule has 1 fully saturated rings. The van der Waals surface area contributed by atoms with E-state index in [0.29, 0.717) is 55.3 Å². The largest absolute Gasteiger partial charge is 0.497 e. The quantitative estimate of drug-likeness (QED) is 0.527. The van der Waals surface area contributed by atoms with Crippen LogP contribution in [-0.2, 0) is 14.9 Å². The highest BCUT2D eigenvalue weighted by atomic mass is 16.5. The number of likely N-dealkylation sites (N-methyl/N-ethyl adjacent to an activating group) is 1. The van der Waals surface area contributed by atoms with Gasteiger partial charge in [-0.3, -0.25) is 14.6 Å². The Balaban J connectivity index is 1.55. The molecule has 2 aliphatic rings. The molecule has 0 aromatic heterocycles. The van der Waals surface area contributed by atoms with Gasteiger partial charge in [-0.1, -0.05) is 45.0 Å². The van der Waals surface area contributed by atoms with Crippen molar-refractivity contribution >= 4 is 17.9 Å². The fourth-order valence-electron chi connectivity index (χ4n) is 5.06. The minimum Gasteiger partial charge on any atom is -0.497 e. The number of benzene rings is 2. The second-order valence-corrected chi connectivity index (χ2v) is 11.2. The summed E-state index contributed by atoms with van der Waals surface area (Å²) in [5.74, 6) is 0.236. The molecule has 0 bridgehead atoms. The number of methoxy groups -OCH3 is 1. The first kappa shape index (κ1) is 29.1. The molecule has 2 heterocycles. The van der Waals surface area contributed by atoms with Gasteiger partial charge in [0.1, 0.15) is 5.75 Å². The van der Waals surface area contributed by atoms with Crippen LogP contribution in [0.25, 0.3) is 0 Å². The van der Waals surface area contributed by atoms with Crippen LogP contribution in [0.5, 0.6) is 5.75 Å². The fourth-order valence-corrected chi connectivity index (χ4v) is 5.06. The van der Waals surface area contributed by atoms with E-state index in [9.17, 15) is 14.4 Å². The zero-order chi connectivity index (χ0) is 29.0. The predicted molar refractivity (Wildman–Crippen MR) is 153 cm³/mol. The Bertz CT molecular complexity index is 1260. The van der Waals surface area contributed by atoms with Gasteiger partial charge in [0.05, 0.1) is 25.3 Å². The minimum atomic E-state index is -0.621. The molecule has 0 aliphatic carbocycles. The van der Waals surface area contributed by atoms with E-state index in [4.69, 9.17) is 9.47 Å². The molecule has 9 heteroatoms. The van der Waals surface area contributed by atoms with Crippen LogP contribution >= 0.6 is 0 Å². The number of nitrogens with one attached hydrogen (secondary N) is 1. The van der Waals surface area contributed by atoms with Crippen molar-refractivity contribution in [3.63, 3.8) is 0 Å². The summed E-state index contributed by atoms with van der Waals surface area (Å²) in [5, 5.41) is 2.99. The lowest BCUT2D eigenvalue weighted by Gasteiger charge is -2.39. The van der Waals surface area contributed by atoms with Crippen molar-refractivity contribution in [3.8, 4) is 5.75 Å². The van der Waals surface area contributed by atoms with E-state index in [-0.39, 0.29) is 24.0 Å². The normalized spacial score (nSPS) is 18.4. The van der Waals surface area contributed by atoms with Crippen LogP contribution in [0.3, 0.4) is 0 Å². The number of carbonyl (C=O) groups is 3. The molecule has 214 valence electrons. The van der Waals surface area contributed by atoms with Gasteiger partial charge in [0, 0.05) is 51.0 Å². The third kappa shape index (κ3) is 6.31. The number of carbonyl (C=O) groups excluding carboxylic acids is 3. The monoisotopic (exact) mass is 548 g/mol. The summed E-state index contributed by atoms with van der Waals surface area (Å²) in [5.41, 5.74) is 3.64. The van der Waals surface area contributed by atoms with Gasteiger partial charge in [-0.15, -0.1) is 0 Å². The van der Waals surface area contributed by atoms with E-state index >= 15 is 0 Å². The lowest BCUT2D eigenvalue weighted by molar-refractivity contribution is -0.139. The summed E-state index contributed by atoms with van der Waals surface area (Å²) in [6.07, 6.45) is 0. The lowest BCUT2D eigenvalue weighted by atomic mass is 9.85. The number of hydrogen-bond acceptors (Lipinski definition) is 6. The second-order valence-electron chi connectivity index (χ2n) is 11.2. The topological polar surface area (TPSA) is 91.4 Å². The Morgan fingerprint density at radius 1 is 0.975 bits per heavy atom. The molecule has 9 nitrogen and oxygen atoms in total. The van der Waals surface area contributed by atoms with Crippen LogP contribution < -0.4 is 10.1 Å². The number of piperazine rings is 1. The number of urea groups is 1. The smallest absolute Gasteiger partial charge is 0.338 e. The summed E-state index contributed by atoms with van der Waals surface area (Å²) in [4.78, 5) is 44.9. The van der Waals surface area contributed by atoms with Gasteiger partial charge in [-0.25, -0.2) is 9.59 Å². The van der Waals surface area contributed by atoms with Crippen molar-refractivity contribution in [2.75, 3.05) is 53.5 Å². The van der Waals surface area contributed by atoms with Crippen LogP contribution in [0.4, 0.5) is 4.79 Å². The number of esters is 1. The number of ether oxygens (including phenoxy) is 2. The zero-order valence-electron chi connectivity index (χ0n) is 24.3. The first-order valence-corrected chi connectivity index (χ1v) is 13.7. The van der Waals surface area contributed by atoms with Crippen LogP contribution in [0.1, 0.15) is 55.2 Å². The molecule has 1 N–H and O–H groups in total. The Kier molecular flexibility index (Phi) is 8.83. The van der Waals surface area contributed by atoms with Gasteiger partial charge in [-0.05, 0) is 47.7 Å². The Morgan fingerprint density at radius 2 is 1.60 bits per heavy atom. The average Bonchev–Trinajstić information content (AvgIpc) is 2.95. The molecule has 1 saturated heterocycles. The predicted octanol–water partition coefficient (Wildman–Crippen LogP) is 3.96. The number of amides is 3.